The van der Waals surface area contributed by atoms with E-state index in [0.717, 1.165) is 0 Å². The predicted octanol–water partition coefficient (Wildman–Crippen LogP) is 1.33. The molecule has 2 N–H and O–H groups in total. The molecule has 2 rings (SSSR count). The molecule has 0 aliphatic carbocycles. The molecule has 0 fully saturated rings. The first-order chi connectivity index (χ1) is 10.1. The summed E-state index contributed by atoms with van der Waals surface area (Å²) in [5, 5.41) is 9.92. The maximum atomic E-state index is 12.1. The van der Waals surface area contributed by atoms with Crippen LogP contribution in [0.2, 0.25) is 0 Å². The van der Waals surface area contributed by atoms with Gasteiger partial charge in [-0.1, -0.05) is 32.0 Å². The zero-order valence-electron chi connectivity index (χ0n) is 12.2. The van der Waals surface area contributed by atoms with Gasteiger partial charge in [0.25, 0.3) is 11.5 Å². The van der Waals surface area contributed by atoms with Crippen molar-refractivity contribution < 1.29 is 9.53 Å². The molecule has 6 nitrogen and oxygen atoms in total. The van der Waals surface area contributed by atoms with Crippen LogP contribution in [-0.4, -0.2) is 35.9 Å². The average Bonchev–Trinajstić information content (AvgIpc) is 2.47. The SMILES string of the molecule is CC(C)COCCNC(=O)c1n[nH]c(=O)c2ccccc12. The maximum absolute atomic E-state index is 12.1. The molecule has 1 aromatic heterocycles. The Bertz CT molecular complexity index is 679. The number of rotatable bonds is 6. The number of benzene rings is 1. The number of fused-ring (bicyclic) bond motifs is 1. The van der Waals surface area contributed by atoms with Gasteiger partial charge in [0.05, 0.1) is 12.0 Å². The molecule has 112 valence electrons. The van der Waals surface area contributed by atoms with Crippen molar-refractivity contribution in [2.75, 3.05) is 19.8 Å². The van der Waals surface area contributed by atoms with Crippen molar-refractivity contribution in [2.24, 2.45) is 5.92 Å². The molecule has 1 heterocycles. The van der Waals surface area contributed by atoms with Crippen LogP contribution in [-0.2, 0) is 4.74 Å². The van der Waals surface area contributed by atoms with Crippen LogP contribution in [0.25, 0.3) is 10.8 Å². The zero-order valence-corrected chi connectivity index (χ0v) is 12.2. The first-order valence-electron chi connectivity index (χ1n) is 6.93. The number of carbonyl (C=O) groups is 1. The highest BCUT2D eigenvalue weighted by molar-refractivity contribution is 6.04. The van der Waals surface area contributed by atoms with E-state index in [1.54, 1.807) is 24.3 Å². The molecule has 0 radical (unpaired) electrons. The number of carbonyl (C=O) groups excluding carboxylic acids is 1. The van der Waals surface area contributed by atoms with E-state index in [-0.39, 0.29) is 17.2 Å². The number of ether oxygens (including phenoxy) is 1. The largest absolute Gasteiger partial charge is 0.379 e. The van der Waals surface area contributed by atoms with Gasteiger partial charge in [-0.25, -0.2) is 5.10 Å². The lowest BCUT2D eigenvalue weighted by Crippen LogP contribution is -2.29. The molecule has 0 atom stereocenters. The maximum Gasteiger partial charge on any atom is 0.272 e. The van der Waals surface area contributed by atoms with Crippen LogP contribution in [0.3, 0.4) is 0 Å². The summed E-state index contributed by atoms with van der Waals surface area (Å²) >= 11 is 0. The molecule has 0 saturated carbocycles. The Balaban J connectivity index is 2.03. The fourth-order valence-corrected chi connectivity index (χ4v) is 1.93. The molecule has 1 aromatic carbocycles. The van der Waals surface area contributed by atoms with Crippen LogP contribution >= 0.6 is 0 Å². The molecule has 0 spiro atoms. The molecule has 0 aliphatic rings. The van der Waals surface area contributed by atoms with Gasteiger partial charge in [-0.2, -0.15) is 5.10 Å². The fourth-order valence-electron chi connectivity index (χ4n) is 1.93. The van der Waals surface area contributed by atoms with Crippen LogP contribution in [0.15, 0.2) is 29.1 Å². The molecule has 0 aliphatic heterocycles. The third kappa shape index (κ3) is 3.88. The van der Waals surface area contributed by atoms with Crippen LogP contribution in [0.5, 0.6) is 0 Å². The Labute approximate surface area is 122 Å². The van der Waals surface area contributed by atoms with Gasteiger partial charge in [0.15, 0.2) is 5.69 Å². The smallest absolute Gasteiger partial charge is 0.272 e. The van der Waals surface area contributed by atoms with Crippen LogP contribution < -0.4 is 10.9 Å². The van der Waals surface area contributed by atoms with Crippen LogP contribution in [0, 0.1) is 5.92 Å². The minimum absolute atomic E-state index is 0.217. The monoisotopic (exact) mass is 289 g/mol. The van der Waals surface area contributed by atoms with Gasteiger partial charge in [0.1, 0.15) is 0 Å². The third-order valence-electron chi connectivity index (χ3n) is 2.89. The molecule has 21 heavy (non-hydrogen) atoms. The lowest BCUT2D eigenvalue weighted by molar-refractivity contribution is 0.0883. The number of aromatic nitrogens is 2. The van der Waals surface area contributed by atoms with E-state index >= 15 is 0 Å². The number of aromatic amines is 1. The van der Waals surface area contributed by atoms with Crippen molar-refractivity contribution >= 4 is 16.7 Å². The first-order valence-corrected chi connectivity index (χ1v) is 6.93. The van der Waals surface area contributed by atoms with Gasteiger partial charge in [0, 0.05) is 18.5 Å². The molecule has 0 unspecified atom stereocenters. The summed E-state index contributed by atoms with van der Waals surface area (Å²) in [6.45, 7) is 5.64. The minimum atomic E-state index is -0.324. The van der Waals surface area contributed by atoms with Crippen molar-refractivity contribution in [1.82, 2.24) is 15.5 Å². The Morgan fingerprint density at radius 2 is 2.05 bits per heavy atom. The highest BCUT2D eigenvalue weighted by Crippen LogP contribution is 2.11. The van der Waals surface area contributed by atoms with E-state index in [9.17, 15) is 9.59 Å². The predicted molar refractivity (Wildman–Crippen MR) is 80.4 cm³/mol. The molecule has 0 saturated heterocycles. The Kier molecular flexibility index (Phi) is 5.05. The van der Waals surface area contributed by atoms with E-state index in [4.69, 9.17) is 4.74 Å². The van der Waals surface area contributed by atoms with Crippen LogP contribution in [0.4, 0.5) is 0 Å². The Morgan fingerprint density at radius 1 is 1.33 bits per heavy atom. The number of amides is 1. The summed E-state index contributed by atoms with van der Waals surface area (Å²) in [4.78, 5) is 23.8. The number of hydrogen-bond donors (Lipinski definition) is 2. The Morgan fingerprint density at radius 3 is 2.76 bits per heavy atom. The summed E-state index contributed by atoms with van der Waals surface area (Å²) in [5.74, 6) is 0.140. The van der Waals surface area contributed by atoms with E-state index in [1.807, 2.05) is 0 Å². The lowest BCUT2D eigenvalue weighted by Gasteiger charge is -2.08. The van der Waals surface area contributed by atoms with Crippen LogP contribution in [0.1, 0.15) is 24.3 Å². The van der Waals surface area contributed by atoms with E-state index in [1.165, 1.54) is 0 Å². The first kappa shape index (κ1) is 15.2. The van der Waals surface area contributed by atoms with Crippen molar-refractivity contribution in [3.05, 3.63) is 40.3 Å². The zero-order chi connectivity index (χ0) is 15.2. The highest BCUT2D eigenvalue weighted by Gasteiger charge is 2.13. The van der Waals surface area contributed by atoms with Gasteiger partial charge >= 0.3 is 0 Å². The summed E-state index contributed by atoms with van der Waals surface area (Å²) in [7, 11) is 0. The molecule has 1 amide bonds. The lowest BCUT2D eigenvalue weighted by atomic mass is 10.1. The van der Waals surface area contributed by atoms with E-state index in [0.29, 0.717) is 36.4 Å². The second-order valence-electron chi connectivity index (χ2n) is 5.17. The summed E-state index contributed by atoms with van der Waals surface area (Å²) < 4.78 is 5.39. The highest BCUT2D eigenvalue weighted by atomic mass is 16.5. The van der Waals surface area contributed by atoms with Gasteiger partial charge < -0.3 is 10.1 Å². The second kappa shape index (κ2) is 6.99. The minimum Gasteiger partial charge on any atom is -0.379 e. The number of hydrogen-bond acceptors (Lipinski definition) is 4. The summed E-state index contributed by atoms with van der Waals surface area (Å²) in [6, 6.07) is 6.89. The van der Waals surface area contributed by atoms with E-state index in [2.05, 4.69) is 29.4 Å². The number of nitrogens with zero attached hydrogens (tertiary/aromatic N) is 1. The molecule has 0 bridgehead atoms. The van der Waals surface area contributed by atoms with Crippen molar-refractivity contribution in [1.29, 1.82) is 0 Å². The molecular weight excluding hydrogens is 270 g/mol. The topological polar surface area (TPSA) is 84.1 Å². The molecule has 6 heteroatoms. The van der Waals surface area contributed by atoms with Gasteiger partial charge in [-0.05, 0) is 12.0 Å². The fraction of sp³-hybridized carbons (Fsp3) is 0.400. The van der Waals surface area contributed by atoms with Crippen molar-refractivity contribution in [3.63, 3.8) is 0 Å². The van der Waals surface area contributed by atoms with E-state index < -0.39 is 0 Å². The Hall–Kier alpha value is -2.21. The van der Waals surface area contributed by atoms with Gasteiger partial charge in [-0.3, -0.25) is 9.59 Å². The average molecular weight is 289 g/mol. The quantitative estimate of drug-likeness (QED) is 0.786. The second-order valence-corrected chi connectivity index (χ2v) is 5.17. The molecular formula is C15H19N3O3. The standard InChI is InChI=1S/C15H19N3O3/c1-10(2)9-21-8-7-16-15(20)13-11-5-3-4-6-12(11)14(19)18-17-13/h3-6,10H,7-9H2,1-2H3,(H,16,20)(H,18,19). The summed E-state index contributed by atoms with van der Waals surface area (Å²) in [6.07, 6.45) is 0. The normalized spacial score (nSPS) is 11.0. The van der Waals surface area contributed by atoms with Crippen molar-refractivity contribution in [3.8, 4) is 0 Å². The third-order valence-corrected chi connectivity index (χ3v) is 2.89. The summed E-state index contributed by atoms with van der Waals surface area (Å²) in [5.41, 5.74) is -0.0866. The number of H-pyrrole nitrogens is 1. The van der Waals surface area contributed by atoms with Crippen molar-refractivity contribution in [2.45, 2.75) is 13.8 Å². The molecule has 2 aromatic rings. The van der Waals surface area contributed by atoms with Gasteiger partial charge in [-0.15, -0.1) is 0 Å². The van der Waals surface area contributed by atoms with Gasteiger partial charge in [0.2, 0.25) is 0 Å². The number of nitrogens with one attached hydrogen (secondary N) is 2.